The van der Waals surface area contributed by atoms with E-state index in [-0.39, 0.29) is 11.9 Å². The van der Waals surface area contributed by atoms with Gasteiger partial charge < -0.3 is 10.2 Å². The van der Waals surface area contributed by atoms with Gasteiger partial charge in [0.1, 0.15) is 0 Å². The molecule has 2 atom stereocenters. The SMILES string of the molecule is O=C(c1cc(Cl)cc(Cl)c1)N1CC[C@H](NCc2ccc3ccccc3n2)C[C@@H]1Cc1ccccc1. The number of nitrogens with one attached hydrogen (secondary N) is 1. The van der Waals surface area contributed by atoms with Crippen LogP contribution in [0.3, 0.4) is 0 Å². The first-order chi connectivity index (χ1) is 17.0. The number of piperidine rings is 1. The highest BCUT2D eigenvalue weighted by atomic mass is 35.5. The van der Waals surface area contributed by atoms with E-state index in [1.807, 2.05) is 41.3 Å². The molecule has 3 aromatic carbocycles. The fourth-order valence-corrected chi connectivity index (χ4v) is 5.41. The van der Waals surface area contributed by atoms with Gasteiger partial charge in [0.15, 0.2) is 0 Å². The molecule has 1 aromatic heterocycles. The maximum Gasteiger partial charge on any atom is 0.254 e. The van der Waals surface area contributed by atoms with E-state index in [1.54, 1.807) is 18.2 Å². The first-order valence-electron chi connectivity index (χ1n) is 11.9. The molecule has 0 aliphatic carbocycles. The molecule has 35 heavy (non-hydrogen) atoms. The lowest BCUT2D eigenvalue weighted by Crippen LogP contribution is -2.51. The van der Waals surface area contributed by atoms with E-state index >= 15 is 0 Å². The largest absolute Gasteiger partial charge is 0.335 e. The molecule has 0 bridgehead atoms. The fourth-order valence-electron chi connectivity index (χ4n) is 4.88. The number of para-hydroxylation sites is 1. The predicted octanol–water partition coefficient (Wildman–Crippen LogP) is 6.55. The van der Waals surface area contributed by atoms with Crippen LogP contribution in [-0.4, -0.2) is 34.4 Å². The Labute approximate surface area is 215 Å². The molecule has 4 aromatic rings. The second-order valence-electron chi connectivity index (χ2n) is 9.10. The molecule has 178 valence electrons. The molecule has 1 aliphatic heterocycles. The van der Waals surface area contributed by atoms with E-state index in [0.29, 0.717) is 34.7 Å². The fraction of sp³-hybridized carbons (Fsp3) is 0.241. The first kappa shape index (κ1) is 23.8. The van der Waals surface area contributed by atoms with Crippen LogP contribution in [0.2, 0.25) is 10.0 Å². The van der Waals surface area contributed by atoms with Gasteiger partial charge in [0, 0.05) is 46.2 Å². The zero-order valence-corrected chi connectivity index (χ0v) is 20.8. The lowest BCUT2D eigenvalue weighted by Gasteiger charge is -2.40. The third-order valence-corrected chi connectivity index (χ3v) is 7.06. The Morgan fingerprint density at radius 2 is 1.69 bits per heavy atom. The molecule has 2 heterocycles. The van der Waals surface area contributed by atoms with Gasteiger partial charge in [-0.2, -0.15) is 0 Å². The number of benzene rings is 3. The average Bonchev–Trinajstić information content (AvgIpc) is 2.87. The number of halogens is 2. The van der Waals surface area contributed by atoms with E-state index in [1.165, 1.54) is 5.56 Å². The zero-order valence-electron chi connectivity index (χ0n) is 19.3. The number of amides is 1. The van der Waals surface area contributed by atoms with Crippen LogP contribution in [0, 0.1) is 0 Å². The highest BCUT2D eigenvalue weighted by Gasteiger charge is 2.32. The van der Waals surface area contributed by atoms with E-state index in [2.05, 4.69) is 35.6 Å². The number of fused-ring (bicyclic) bond motifs is 1. The summed E-state index contributed by atoms with van der Waals surface area (Å²) in [6.07, 6.45) is 2.54. The van der Waals surface area contributed by atoms with Crippen molar-refractivity contribution in [3.8, 4) is 0 Å². The Morgan fingerprint density at radius 3 is 2.49 bits per heavy atom. The minimum absolute atomic E-state index is 0.0232. The Morgan fingerprint density at radius 1 is 0.943 bits per heavy atom. The quantitative estimate of drug-likeness (QED) is 0.324. The van der Waals surface area contributed by atoms with Gasteiger partial charge in [-0.25, -0.2) is 0 Å². The summed E-state index contributed by atoms with van der Waals surface area (Å²) in [6.45, 7) is 1.37. The molecule has 0 radical (unpaired) electrons. The Kier molecular flexibility index (Phi) is 7.33. The number of carbonyl (C=O) groups excluding carboxylic acids is 1. The van der Waals surface area contributed by atoms with E-state index in [4.69, 9.17) is 28.2 Å². The molecule has 6 heteroatoms. The monoisotopic (exact) mass is 503 g/mol. The maximum atomic E-state index is 13.5. The van der Waals surface area contributed by atoms with Gasteiger partial charge in [-0.05, 0) is 55.2 Å². The maximum absolute atomic E-state index is 13.5. The number of hydrogen-bond donors (Lipinski definition) is 1. The summed E-state index contributed by atoms with van der Waals surface area (Å²) in [6, 6.07) is 28.1. The van der Waals surface area contributed by atoms with E-state index < -0.39 is 0 Å². The molecule has 0 spiro atoms. The highest BCUT2D eigenvalue weighted by Crippen LogP contribution is 2.26. The van der Waals surface area contributed by atoms with Crippen LogP contribution in [0.5, 0.6) is 0 Å². The van der Waals surface area contributed by atoms with Crippen molar-refractivity contribution in [2.24, 2.45) is 0 Å². The van der Waals surface area contributed by atoms with Gasteiger partial charge in [-0.15, -0.1) is 0 Å². The van der Waals surface area contributed by atoms with Crippen molar-refractivity contribution in [1.29, 1.82) is 0 Å². The number of hydrogen-bond acceptors (Lipinski definition) is 3. The second kappa shape index (κ2) is 10.8. The second-order valence-corrected chi connectivity index (χ2v) is 9.97. The smallest absolute Gasteiger partial charge is 0.254 e. The van der Waals surface area contributed by atoms with E-state index in [9.17, 15) is 4.79 Å². The molecule has 5 rings (SSSR count). The summed E-state index contributed by atoms with van der Waals surface area (Å²) in [4.78, 5) is 20.3. The first-order valence-corrected chi connectivity index (χ1v) is 12.7. The molecule has 1 aliphatic rings. The average molecular weight is 504 g/mol. The number of nitrogens with zero attached hydrogens (tertiary/aromatic N) is 2. The Bertz CT molecular complexity index is 1310. The van der Waals surface area contributed by atoms with Crippen LogP contribution in [0.4, 0.5) is 0 Å². The number of pyridine rings is 1. The summed E-state index contributed by atoms with van der Waals surface area (Å²) in [7, 11) is 0. The zero-order chi connectivity index (χ0) is 24.2. The Balaban J connectivity index is 1.31. The van der Waals surface area contributed by atoms with Crippen LogP contribution in [-0.2, 0) is 13.0 Å². The van der Waals surface area contributed by atoms with Crippen molar-refractivity contribution in [2.75, 3.05) is 6.54 Å². The molecule has 1 N–H and O–H groups in total. The van der Waals surface area contributed by atoms with Crippen molar-refractivity contribution in [3.05, 3.63) is 112 Å². The van der Waals surface area contributed by atoms with Crippen molar-refractivity contribution in [3.63, 3.8) is 0 Å². The summed E-state index contributed by atoms with van der Waals surface area (Å²) in [5.74, 6) is -0.0232. The lowest BCUT2D eigenvalue weighted by atomic mass is 9.91. The van der Waals surface area contributed by atoms with Gasteiger partial charge >= 0.3 is 0 Å². The molecule has 0 saturated carbocycles. The number of rotatable bonds is 6. The van der Waals surface area contributed by atoms with Crippen LogP contribution in [0.1, 0.15) is 34.5 Å². The number of carbonyl (C=O) groups is 1. The number of aromatic nitrogens is 1. The normalized spacial score (nSPS) is 18.1. The summed E-state index contributed by atoms with van der Waals surface area (Å²) >= 11 is 12.4. The molecule has 1 amide bonds. The van der Waals surface area contributed by atoms with Gasteiger partial charge in [0.25, 0.3) is 5.91 Å². The molecule has 1 saturated heterocycles. The van der Waals surface area contributed by atoms with Gasteiger partial charge in [-0.1, -0.05) is 77.8 Å². The van der Waals surface area contributed by atoms with Gasteiger partial charge in [-0.3, -0.25) is 9.78 Å². The summed E-state index contributed by atoms with van der Waals surface area (Å²) < 4.78 is 0. The van der Waals surface area contributed by atoms with Crippen LogP contribution >= 0.6 is 23.2 Å². The van der Waals surface area contributed by atoms with Crippen molar-refractivity contribution >= 4 is 40.0 Å². The minimum atomic E-state index is -0.0232. The van der Waals surface area contributed by atoms with Crippen LogP contribution < -0.4 is 5.32 Å². The number of likely N-dealkylation sites (tertiary alicyclic amines) is 1. The molecule has 1 fully saturated rings. The summed E-state index contributed by atoms with van der Waals surface area (Å²) in [5, 5.41) is 5.78. The summed E-state index contributed by atoms with van der Waals surface area (Å²) in [5.41, 5.74) is 3.79. The van der Waals surface area contributed by atoms with Crippen LogP contribution in [0.15, 0.2) is 84.9 Å². The lowest BCUT2D eigenvalue weighted by molar-refractivity contribution is 0.0576. The standard InChI is InChI=1S/C29H27Cl2N3O/c30-23-15-22(16-24(31)17-23)29(35)34-13-12-25(18-27(34)14-20-6-2-1-3-7-20)32-19-26-11-10-21-8-4-5-9-28(21)33-26/h1-11,15-17,25,27,32H,12-14,18-19H2/t25-,27-/m0/s1. The third-order valence-electron chi connectivity index (χ3n) is 6.63. The van der Waals surface area contributed by atoms with Crippen molar-refractivity contribution in [2.45, 2.75) is 37.9 Å². The van der Waals surface area contributed by atoms with Gasteiger partial charge in [0.05, 0.1) is 11.2 Å². The third kappa shape index (κ3) is 5.84. The molecule has 4 nitrogen and oxygen atoms in total. The van der Waals surface area contributed by atoms with Gasteiger partial charge in [0.2, 0.25) is 0 Å². The highest BCUT2D eigenvalue weighted by molar-refractivity contribution is 6.35. The van der Waals surface area contributed by atoms with Crippen LogP contribution in [0.25, 0.3) is 10.9 Å². The topological polar surface area (TPSA) is 45.2 Å². The van der Waals surface area contributed by atoms with Crippen molar-refractivity contribution in [1.82, 2.24) is 15.2 Å². The molecular weight excluding hydrogens is 477 g/mol. The predicted molar refractivity (Wildman–Crippen MR) is 143 cm³/mol. The molecular formula is C29H27Cl2N3O. The van der Waals surface area contributed by atoms with Crippen molar-refractivity contribution < 1.29 is 4.79 Å². The molecule has 0 unspecified atom stereocenters. The minimum Gasteiger partial charge on any atom is -0.335 e. The van der Waals surface area contributed by atoms with E-state index in [0.717, 1.165) is 35.9 Å². The Hall–Kier alpha value is -2.92.